The number of carbonyl (C=O) groups is 1. The van der Waals surface area contributed by atoms with Crippen LogP contribution in [0.5, 0.6) is 5.75 Å². The van der Waals surface area contributed by atoms with Crippen molar-refractivity contribution in [3.8, 4) is 11.8 Å². The number of hydrogen-bond donors (Lipinski definition) is 2. The van der Waals surface area contributed by atoms with Gasteiger partial charge in [-0.15, -0.1) is 0 Å². The fourth-order valence-corrected chi connectivity index (χ4v) is 1.37. The largest absolute Gasteiger partial charge is 0.495 e. The van der Waals surface area contributed by atoms with E-state index >= 15 is 0 Å². The highest BCUT2D eigenvalue weighted by Crippen LogP contribution is 2.18. The minimum atomic E-state index is -0.824. The van der Waals surface area contributed by atoms with Gasteiger partial charge in [-0.05, 0) is 17.7 Å². The van der Waals surface area contributed by atoms with Gasteiger partial charge in [-0.1, -0.05) is 6.07 Å². The van der Waals surface area contributed by atoms with Crippen LogP contribution in [0.3, 0.4) is 0 Å². The molecule has 90 valence electrons. The van der Waals surface area contributed by atoms with Gasteiger partial charge in [-0.3, -0.25) is 4.79 Å². The summed E-state index contributed by atoms with van der Waals surface area (Å²) in [7, 11) is 1.51. The van der Waals surface area contributed by atoms with E-state index < -0.39 is 5.97 Å². The van der Waals surface area contributed by atoms with Gasteiger partial charge in [0.25, 0.3) is 0 Å². The molecular formula is C12H14N2O3. The van der Waals surface area contributed by atoms with Crippen molar-refractivity contribution < 1.29 is 14.6 Å². The van der Waals surface area contributed by atoms with Crippen LogP contribution < -0.4 is 10.1 Å². The van der Waals surface area contributed by atoms with Crippen molar-refractivity contribution in [2.45, 2.75) is 13.0 Å². The number of benzene rings is 1. The summed E-state index contributed by atoms with van der Waals surface area (Å²) in [6.07, 6.45) is 0.0907. The number of rotatable bonds is 6. The molecule has 0 heterocycles. The smallest absolute Gasteiger partial charge is 0.304 e. The Morgan fingerprint density at radius 1 is 1.59 bits per heavy atom. The number of nitriles is 1. The first kappa shape index (κ1) is 13.0. The first-order valence-electron chi connectivity index (χ1n) is 5.17. The normalized spacial score (nSPS) is 9.65. The Bertz CT molecular complexity index is 438. The van der Waals surface area contributed by atoms with E-state index in [2.05, 4.69) is 5.32 Å². The molecule has 0 aliphatic heterocycles. The lowest BCUT2D eigenvalue weighted by Crippen LogP contribution is -2.17. The molecule has 1 aromatic rings. The number of methoxy groups -OCH3 is 1. The van der Waals surface area contributed by atoms with E-state index in [1.54, 1.807) is 12.1 Å². The van der Waals surface area contributed by atoms with E-state index in [9.17, 15) is 4.79 Å². The molecule has 1 aromatic carbocycles. The minimum Gasteiger partial charge on any atom is -0.495 e. The molecule has 0 spiro atoms. The first-order chi connectivity index (χ1) is 8.17. The van der Waals surface area contributed by atoms with Crippen molar-refractivity contribution in [2.24, 2.45) is 0 Å². The van der Waals surface area contributed by atoms with Crippen molar-refractivity contribution in [1.82, 2.24) is 5.32 Å². The molecule has 17 heavy (non-hydrogen) atoms. The maximum Gasteiger partial charge on any atom is 0.304 e. The van der Waals surface area contributed by atoms with Crippen LogP contribution in [0.15, 0.2) is 18.2 Å². The second kappa shape index (κ2) is 6.51. The van der Waals surface area contributed by atoms with Crippen LogP contribution in [0.25, 0.3) is 0 Å². The van der Waals surface area contributed by atoms with Crippen molar-refractivity contribution in [2.75, 3.05) is 13.7 Å². The van der Waals surface area contributed by atoms with Gasteiger partial charge in [0.15, 0.2) is 0 Å². The van der Waals surface area contributed by atoms with Gasteiger partial charge in [0, 0.05) is 13.1 Å². The van der Waals surface area contributed by atoms with Gasteiger partial charge in [0.2, 0.25) is 0 Å². The van der Waals surface area contributed by atoms with Crippen molar-refractivity contribution in [3.05, 3.63) is 29.3 Å². The Hall–Kier alpha value is -2.06. The van der Waals surface area contributed by atoms with Gasteiger partial charge in [0.1, 0.15) is 11.8 Å². The quantitative estimate of drug-likeness (QED) is 0.721. The third kappa shape index (κ3) is 4.13. The van der Waals surface area contributed by atoms with E-state index in [1.807, 2.05) is 12.1 Å². The van der Waals surface area contributed by atoms with Crippen molar-refractivity contribution >= 4 is 5.97 Å². The Kier molecular flexibility index (Phi) is 4.98. The zero-order valence-electron chi connectivity index (χ0n) is 9.56. The Balaban J connectivity index is 2.55. The molecule has 0 radical (unpaired) electrons. The molecule has 0 saturated carbocycles. The van der Waals surface area contributed by atoms with E-state index in [0.29, 0.717) is 24.4 Å². The van der Waals surface area contributed by atoms with Gasteiger partial charge in [-0.2, -0.15) is 5.26 Å². The maximum absolute atomic E-state index is 10.3. The first-order valence-corrected chi connectivity index (χ1v) is 5.17. The summed E-state index contributed by atoms with van der Waals surface area (Å²) in [5.41, 5.74) is 1.44. The number of carboxylic acids is 1. The summed E-state index contributed by atoms with van der Waals surface area (Å²) in [5, 5.41) is 20.3. The van der Waals surface area contributed by atoms with Crippen LogP contribution in [-0.2, 0) is 11.3 Å². The average molecular weight is 234 g/mol. The predicted octanol–water partition coefficient (Wildman–Crippen LogP) is 1.13. The molecule has 0 aliphatic rings. The average Bonchev–Trinajstić information content (AvgIpc) is 2.34. The van der Waals surface area contributed by atoms with E-state index in [0.717, 1.165) is 5.56 Å². The van der Waals surface area contributed by atoms with E-state index in [-0.39, 0.29) is 6.42 Å². The Morgan fingerprint density at radius 2 is 2.35 bits per heavy atom. The molecule has 0 aliphatic carbocycles. The highest BCUT2D eigenvalue weighted by atomic mass is 16.5. The van der Waals surface area contributed by atoms with Gasteiger partial charge < -0.3 is 15.2 Å². The zero-order chi connectivity index (χ0) is 12.7. The maximum atomic E-state index is 10.3. The molecule has 0 bridgehead atoms. The van der Waals surface area contributed by atoms with Crippen LogP contribution in [0, 0.1) is 11.3 Å². The molecule has 0 amide bonds. The molecule has 5 nitrogen and oxygen atoms in total. The standard InChI is InChI=1S/C12H14N2O3/c1-17-11-6-9(2-3-10(11)7-13)8-14-5-4-12(15)16/h2-3,6,14H,4-5,8H2,1H3,(H,15,16). The number of aliphatic carboxylic acids is 1. The van der Waals surface area contributed by atoms with Crippen LogP contribution in [0.2, 0.25) is 0 Å². The molecule has 2 N–H and O–H groups in total. The summed E-state index contributed by atoms with van der Waals surface area (Å²) < 4.78 is 5.08. The summed E-state index contributed by atoms with van der Waals surface area (Å²) in [4.78, 5) is 10.3. The number of ether oxygens (including phenoxy) is 1. The van der Waals surface area contributed by atoms with Crippen LogP contribution in [0.1, 0.15) is 17.5 Å². The van der Waals surface area contributed by atoms with Gasteiger partial charge in [-0.25, -0.2) is 0 Å². The van der Waals surface area contributed by atoms with Crippen molar-refractivity contribution in [3.63, 3.8) is 0 Å². The Morgan fingerprint density at radius 3 is 2.94 bits per heavy atom. The predicted molar refractivity (Wildman–Crippen MR) is 61.7 cm³/mol. The number of nitrogens with zero attached hydrogens (tertiary/aromatic N) is 1. The molecule has 1 rings (SSSR count). The molecule has 0 saturated heterocycles. The van der Waals surface area contributed by atoms with Crippen LogP contribution >= 0.6 is 0 Å². The number of carboxylic acid groups (broad SMARTS) is 1. The third-order valence-corrected chi connectivity index (χ3v) is 2.23. The fraction of sp³-hybridized carbons (Fsp3) is 0.333. The summed E-state index contributed by atoms with van der Waals surface area (Å²) >= 11 is 0. The lowest BCUT2D eigenvalue weighted by atomic mass is 10.1. The third-order valence-electron chi connectivity index (χ3n) is 2.23. The molecular weight excluding hydrogens is 220 g/mol. The van der Waals surface area contributed by atoms with Crippen LogP contribution in [-0.4, -0.2) is 24.7 Å². The van der Waals surface area contributed by atoms with Crippen LogP contribution in [0.4, 0.5) is 0 Å². The number of nitrogens with one attached hydrogen (secondary N) is 1. The topological polar surface area (TPSA) is 82.3 Å². The zero-order valence-corrected chi connectivity index (χ0v) is 9.56. The number of hydrogen-bond acceptors (Lipinski definition) is 4. The molecule has 0 atom stereocenters. The molecule has 0 fully saturated rings. The summed E-state index contributed by atoms with van der Waals surface area (Å²) in [6.45, 7) is 0.965. The second-order valence-corrected chi connectivity index (χ2v) is 3.47. The summed E-state index contributed by atoms with van der Waals surface area (Å²) in [5.74, 6) is -0.292. The van der Waals surface area contributed by atoms with Gasteiger partial charge in [0.05, 0.1) is 19.1 Å². The SMILES string of the molecule is COc1cc(CNCCC(=O)O)ccc1C#N. The minimum absolute atomic E-state index is 0.0907. The molecule has 0 aromatic heterocycles. The Labute approximate surface area is 99.6 Å². The van der Waals surface area contributed by atoms with Gasteiger partial charge >= 0.3 is 5.97 Å². The van der Waals surface area contributed by atoms with E-state index in [4.69, 9.17) is 15.1 Å². The molecule has 0 unspecified atom stereocenters. The molecule has 5 heteroatoms. The van der Waals surface area contributed by atoms with Crippen molar-refractivity contribution in [1.29, 1.82) is 5.26 Å². The highest BCUT2D eigenvalue weighted by molar-refractivity contribution is 5.66. The highest BCUT2D eigenvalue weighted by Gasteiger charge is 2.03. The fourth-order valence-electron chi connectivity index (χ4n) is 1.37. The lowest BCUT2D eigenvalue weighted by Gasteiger charge is -2.07. The summed E-state index contributed by atoms with van der Waals surface area (Å²) in [6, 6.07) is 7.30. The lowest BCUT2D eigenvalue weighted by molar-refractivity contribution is -0.136. The second-order valence-electron chi connectivity index (χ2n) is 3.47. The monoisotopic (exact) mass is 234 g/mol. The van der Waals surface area contributed by atoms with E-state index in [1.165, 1.54) is 7.11 Å².